The van der Waals surface area contributed by atoms with E-state index in [0.29, 0.717) is 60.3 Å². The molecular formula is C38H54F3N5O3Si. The first-order chi connectivity index (χ1) is 23.2. The molecule has 2 aromatic heterocycles. The van der Waals surface area contributed by atoms with Crippen LogP contribution in [0.1, 0.15) is 110 Å². The van der Waals surface area contributed by atoms with E-state index in [1.165, 1.54) is 26.0 Å². The van der Waals surface area contributed by atoms with Crippen molar-refractivity contribution in [3.63, 3.8) is 0 Å². The summed E-state index contributed by atoms with van der Waals surface area (Å²) in [4.78, 5) is 28.5. The third-order valence-electron chi connectivity index (χ3n) is 9.89. The summed E-state index contributed by atoms with van der Waals surface area (Å²) in [7, 11) is -2.44. The summed E-state index contributed by atoms with van der Waals surface area (Å²) in [6.07, 6.45) is 0.256. The number of rotatable bonds is 11. The van der Waals surface area contributed by atoms with Crippen molar-refractivity contribution in [2.75, 3.05) is 18.4 Å². The smallest absolute Gasteiger partial charge is 0.410 e. The number of amides is 1. The minimum absolute atomic E-state index is 0.0840. The molecule has 274 valence electrons. The summed E-state index contributed by atoms with van der Waals surface area (Å²) < 4.78 is 60.7. The van der Waals surface area contributed by atoms with Gasteiger partial charge in [0.15, 0.2) is 14.0 Å². The van der Waals surface area contributed by atoms with Crippen molar-refractivity contribution in [2.24, 2.45) is 0 Å². The Bertz CT molecular complexity index is 1760. The van der Waals surface area contributed by atoms with Crippen LogP contribution in [-0.4, -0.2) is 58.6 Å². The first-order valence-corrected chi connectivity index (χ1v) is 20.2. The number of carbonyl (C=O) groups excluding carboxylic acids is 1. The van der Waals surface area contributed by atoms with Gasteiger partial charge in [-0.1, -0.05) is 32.9 Å². The SMILES string of the molecule is CC[Si](CC)(CC)OC(C)(C)C(F)(F)c1cccc(C(C)Nc2nc(C)nc3nc(C)c(C4=C(C)CN(C(=O)OC(C)(C)C)CC4)cc23)c1F. The number of anilines is 1. The molecule has 8 nitrogen and oxygen atoms in total. The van der Waals surface area contributed by atoms with Gasteiger partial charge in [-0.2, -0.15) is 8.78 Å². The molecule has 1 N–H and O–H groups in total. The van der Waals surface area contributed by atoms with Crippen LogP contribution in [0.2, 0.25) is 18.1 Å². The van der Waals surface area contributed by atoms with E-state index >= 15 is 13.2 Å². The van der Waals surface area contributed by atoms with E-state index in [4.69, 9.17) is 14.1 Å². The lowest BCUT2D eigenvalue weighted by Gasteiger charge is -2.42. The van der Waals surface area contributed by atoms with Crippen LogP contribution in [0.25, 0.3) is 16.6 Å². The highest BCUT2D eigenvalue weighted by Gasteiger charge is 2.54. The Morgan fingerprint density at radius 1 is 1.02 bits per heavy atom. The van der Waals surface area contributed by atoms with Gasteiger partial charge in [-0.25, -0.2) is 24.1 Å². The van der Waals surface area contributed by atoms with Gasteiger partial charge in [0.1, 0.15) is 28.7 Å². The van der Waals surface area contributed by atoms with Gasteiger partial charge < -0.3 is 19.4 Å². The fraction of sp³-hybridized carbons (Fsp3) is 0.579. The molecule has 0 saturated heterocycles. The molecule has 0 spiro atoms. The van der Waals surface area contributed by atoms with E-state index in [2.05, 4.69) is 15.3 Å². The third-order valence-corrected chi connectivity index (χ3v) is 14.7. The Hall–Kier alpha value is -3.51. The highest BCUT2D eigenvalue weighted by Crippen LogP contribution is 2.46. The Morgan fingerprint density at radius 3 is 2.24 bits per heavy atom. The molecule has 1 aliphatic heterocycles. The second-order valence-electron chi connectivity index (χ2n) is 15.0. The van der Waals surface area contributed by atoms with Gasteiger partial charge in [0.2, 0.25) is 0 Å². The molecule has 1 atom stereocenters. The summed E-state index contributed by atoms with van der Waals surface area (Å²) in [5, 5.41) is 3.90. The number of fused-ring (bicyclic) bond motifs is 1. The molecule has 4 rings (SSSR count). The van der Waals surface area contributed by atoms with Crippen LogP contribution in [0.15, 0.2) is 29.8 Å². The minimum Gasteiger partial charge on any atom is -0.444 e. The number of pyridine rings is 1. The summed E-state index contributed by atoms with van der Waals surface area (Å²) >= 11 is 0. The van der Waals surface area contributed by atoms with Crippen molar-refractivity contribution in [1.29, 1.82) is 0 Å². The lowest BCUT2D eigenvalue weighted by Crippen LogP contribution is -2.52. The minimum atomic E-state index is -3.59. The Labute approximate surface area is 296 Å². The highest BCUT2D eigenvalue weighted by atomic mass is 28.4. The van der Waals surface area contributed by atoms with Gasteiger partial charge in [-0.3, -0.25) is 0 Å². The van der Waals surface area contributed by atoms with Crippen LogP contribution in [0, 0.1) is 19.7 Å². The Balaban J connectivity index is 1.69. The fourth-order valence-corrected chi connectivity index (χ4v) is 9.89. The summed E-state index contributed by atoms with van der Waals surface area (Å²) in [6.45, 7) is 22.5. The number of aryl methyl sites for hydroxylation is 2. The zero-order chi connectivity index (χ0) is 37.4. The van der Waals surface area contributed by atoms with Crippen LogP contribution in [0.4, 0.5) is 23.8 Å². The van der Waals surface area contributed by atoms with E-state index in [-0.39, 0.29) is 11.7 Å². The molecule has 0 fully saturated rings. The predicted octanol–water partition coefficient (Wildman–Crippen LogP) is 10.3. The number of hydrogen-bond acceptors (Lipinski definition) is 7. The number of alkyl halides is 2. The van der Waals surface area contributed by atoms with Crippen molar-refractivity contribution in [2.45, 2.75) is 131 Å². The molecule has 12 heteroatoms. The molecule has 50 heavy (non-hydrogen) atoms. The monoisotopic (exact) mass is 713 g/mol. The number of halogens is 3. The Morgan fingerprint density at radius 2 is 1.66 bits per heavy atom. The summed E-state index contributed by atoms with van der Waals surface area (Å²) in [5.41, 5.74) is 1.14. The number of aromatic nitrogens is 3. The quantitative estimate of drug-likeness (QED) is 0.198. The van der Waals surface area contributed by atoms with Crippen molar-refractivity contribution in [1.82, 2.24) is 19.9 Å². The van der Waals surface area contributed by atoms with E-state index in [0.717, 1.165) is 28.5 Å². The molecule has 0 radical (unpaired) electrons. The largest absolute Gasteiger partial charge is 0.444 e. The molecule has 3 heterocycles. The van der Waals surface area contributed by atoms with Gasteiger partial charge in [-0.05, 0) is 116 Å². The first-order valence-electron chi connectivity index (χ1n) is 17.7. The van der Waals surface area contributed by atoms with Crippen LogP contribution in [-0.2, 0) is 15.1 Å². The molecular weight excluding hydrogens is 660 g/mol. The normalized spacial score (nSPS) is 15.5. The van der Waals surface area contributed by atoms with Gasteiger partial charge >= 0.3 is 12.0 Å². The summed E-state index contributed by atoms with van der Waals surface area (Å²) in [6, 6.07) is 7.47. The second kappa shape index (κ2) is 14.6. The Kier molecular flexibility index (Phi) is 11.5. The van der Waals surface area contributed by atoms with Crippen LogP contribution in [0.3, 0.4) is 0 Å². The highest BCUT2D eigenvalue weighted by molar-refractivity contribution is 6.73. The van der Waals surface area contributed by atoms with E-state index in [1.807, 2.05) is 61.5 Å². The van der Waals surface area contributed by atoms with Crippen LogP contribution >= 0.6 is 0 Å². The number of nitrogens with zero attached hydrogens (tertiary/aromatic N) is 4. The van der Waals surface area contributed by atoms with E-state index in [9.17, 15) is 4.79 Å². The van der Waals surface area contributed by atoms with Crippen molar-refractivity contribution < 1.29 is 27.1 Å². The van der Waals surface area contributed by atoms with E-state index in [1.54, 1.807) is 18.7 Å². The number of ether oxygens (including phenoxy) is 1. The zero-order valence-corrected chi connectivity index (χ0v) is 32.8. The number of nitrogens with one attached hydrogen (secondary N) is 1. The number of carbonyl (C=O) groups is 1. The second-order valence-corrected chi connectivity index (χ2v) is 19.7. The maximum atomic E-state index is 16.3. The maximum Gasteiger partial charge on any atom is 0.410 e. The molecule has 1 unspecified atom stereocenters. The topological polar surface area (TPSA) is 89.5 Å². The lowest BCUT2D eigenvalue weighted by molar-refractivity contribution is -0.161. The first kappa shape index (κ1) is 39.3. The average Bonchev–Trinajstić information content (AvgIpc) is 3.02. The van der Waals surface area contributed by atoms with Gasteiger partial charge in [0, 0.05) is 24.3 Å². The zero-order valence-electron chi connectivity index (χ0n) is 31.8. The van der Waals surface area contributed by atoms with Crippen molar-refractivity contribution >= 4 is 36.8 Å². The van der Waals surface area contributed by atoms with Gasteiger partial charge in [0.25, 0.3) is 0 Å². The number of benzene rings is 1. The molecule has 0 aliphatic carbocycles. The van der Waals surface area contributed by atoms with Crippen molar-refractivity contribution in [3.05, 3.63) is 63.9 Å². The van der Waals surface area contributed by atoms with Gasteiger partial charge in [-0.15, -0.1) is 0 Å². The average molecular weight is 714 g/mol. The molecule has 1 aliphatic rings. The standard InChI is InChI=1S/C38H54F3N5O3Si/c1-13-50(14-2,15-3)49-37(11,12)38(40,41)31-18-16-17-28(32(31)39)24(5)42-33-30-21-29(25(6)43-34(30)45-26(7)44-33)27-19-20-46(22-23(27)4)35(47)48-36(8,9)10/h16-18,21,24H,13-15,19-20,22H2,1-12H3,(H,42,43,44,45). The van der Waals surface area contributed by atoms with Crippen LogP contribution in [0.5, 0.6) is 0 Å². The molecule has 0 bridgehead atoms. The maximum absolute atomic E-state index is 16.3. The summed E-state index contributed by atoms with van der Waals surface area (Å²) in [5.74, 6) is -3.69. The molecule has 1 aromatic carbocycles. The predicted molar refractivity (Wildman–Crippen MR) is 197 cm³/mol. The lowest BCUT2D eigenvalue weighted by atomic mass is 9.90. The number of hydrogen-bond donors (Lipinski definition) is 1. The third kappa shape index (κ3) is 8.01. The van der Waals surface area contributed by atoms with E-state index < -0.39 is 42.9 Å². The molecule has 3 aromatic rings. The molecule has 1 amide bonds. The van der Waals surface area contributed by atoms with Gasteiger partial charge in [0.05, 0.1) is 17.0 Å². The fourth-order valence-electron chi connectivity index (χ4n) is 6.74. The molecule has 0 saturated carbocycles. The van der Waals surface area contributed by atoms with Crippen molar-refractivity contribution in [3.8, 4) is 0 Å². The van der Waals surface area contributed by atoms with Crippen LogP contribution < -0.4 is 5.32 Å².